The van der Waals surface area contributed by atoms with Gasteiger partial charge in [-0.3, -0.25) is 9.69 Å². The third-order valence-electron chi connectivity index (χ3n) is 3.70. The number of hydrogen-bond acceptors (Lipinski definition) is 5. The Kier molecular flexibility index (Phi) is 4.13. The monoisotopic (exact) mass is 286 g/mol. The van der Waals surface area contributed by atoms with Crippen LogP contribution in [0.5, 0.6) is 0 Å². The summed E-state index contributed by atoms with van der Waals surface area (Å²) >= 11 is 0. The van der Waals surface area contributed by atoms with Gasteiger partial charge in [-0.2, -0.15) is 0 Å². The quantitative estimate of drug-likeness (QED) is 0.871. The van der Waals surface area contributed by atoms with E-state index in [9.17, 15) is 9.90 Å². The second kappa shape index (κ2) is 6.20. The van der Waals surface area contributed by atoms with Crippen LogP contribution in [0.15, 0.2) is 40.9 Å². The third kappa shape index (κ3) is 3.37. The molecule has 0 saturated carbocycles. The molecular formula is C16H18N2O3. The first-order chi connectivity index (χ1) is 10.2. The normalized spacial score (nSPS) is 19.6. The smallest absolute Gasteiger partial charge is 0.198 e. The highest BCUT2D eigenvalue weighted by atomic mass is 16.5. The summed E-state index contributed by atoms with van der Waals surface area (Å²) in [6, 6.07) is 11.3. The number of piperidine rings is 1. The number of aliphatic hydroxyl groups is 1. The average Bonchev–Trinajstić information content (AvgIpc) is 2.98. The highest BCUT2D eigenvalue weighted by Gasteiger charge is 2.22. The van der Waals surface area contributed by atoms with Gasteiger partial charge in [-0.05, 0) is 19.4 Å². The van der Waals surface area contributed by atoms with Crippen molar-refractivity contribution in [2.24, 2.45) is 0 Å². The zero-order chi connectivity index (χ0) is 14.7. The average molecular weight is 286 g/mol. The van der Waals surface area contributed by atoms with Gasteiger partial charge in [0.2, 0.25) is 0 Å². The van der Waals surface area contributed by atoms with Crippen LogP contribution in [0.4, 0.5) is 0 Å². The van der Waals surface area contributed by atoms with Crippen LogP contribution in [-0.4, -0.2) is 46.7 Å². The van der Waals surface area contributed by atoms with Crippen molar-refractivity contribution >= 4 is 5.78 Å². The van der Waals surface area contributed by atoms with E-state index in [1.165, 1.54) is 0 Å². The summed E-state index contributed by atoms with van der Waals surface area (Å²) in [7, 11) is 0. The lowest BCUT2D eigenvalue weighted by Gasteiger charge is -2.28. The van der Waals surface area contributed by atoms with Crippen molar-refractivity contribution in [1.82, 2.24) is 10.1 Å². The van der Waals surface area contributed by atoms with E-state index in [1.54, 1.807) is 6.07 Å². The van der Waals surface area contributed by atoms with E-state index in [2.05, 4.69) is 5.16 Å². The molecule has 1 saturated heterocycles. The van der Waals surface area contributed by atoms with Gasteiger partial charge >= 0.3 is 0 Å². The third-order valence-corrected chi connectivity index (χ3v) is 3.70. The van der Waals surface area contributed by atoms with Crippen molar-refractivity contribution < 1.29 is 14.4 Å². The van der Waals surface area contributed by atoms with Crippen LogP contribution in [0.1, 0.15) is 23.3 Å². The molecule has 2 heterocycles. The number of β-amino-alcohol motifs (C(OH)–C–C–N with tert-alkyl or cyclic N) is 1. The number of likely N-dealkylation sites (tertiary alicyclic amines) is 1. The summed E-state index contributed by atoms with van der Waals surface area (Å²) < 4.78 is 5.24. The van der Waals surface area contributed by atoms with Crippen molar-refractivity contribution in [3.63, 3.8) is 0 Å². The van der Waals surface area contributed by atoms with Crippen molar-refractivity contribution in [3.05, 3.63) is 42.1 Å². The molecule has 0 amide bonds. The van der Waals surface area contributed by atoms with Crippen LogP contribution < -0.4 is 0 Å². The first-order valence-electron chi connectivity index (χ1n) is 7.18. The lowest BCUT2D eigenvalue weighted by molar-refractivity contribution is 0.0630. The van der Waals surface area contributed by atoms with Crippen molar-refractivity contribution in [1.29, 1.82) is 0 Å². The summed E-state index contributed by atoms with van der Waals surface area (Å²) in [6.45, 7) is 1.67. The first kappa shape index (κ1) is 14.0. The second-order valence-corrected chi connectivity index (χ2v) is 5.40. The van der Waals surface area contributed by atoms with E-state index in [4.69, 9.17) is 4.52 Å². The molecule has 1 aliphatic heterocycles. The molecular weight excluding hydrogens is 268 g/mol. The molecule has 1 aromatic heterocycles. The standard InChI is InChI=1S/C16H18N2O3/c19-13-7-4-8-18(10-13)11-15(20)14-9-16(21-17-14)12-5-2-1-3-6-12/h1-3,5-6,9,13,19H,4,7-8,10-11H2. The van der Waals surface area contributed by atoms with E-state index in [1.807, 2.05) is 35.2 Å². The maximum Gasteiger partial charge on any atom is 0.198 e. The molecule has 1 unspecified atom stereocenters. The Hall–Kier alpha value is -1.98. The fraction of sp³-hybridized carbons (Fsp3) is 0.375. The van der Waals surface area contributed by atoms with Crippen LogP contribution in [0, 0.1) is 0 Å². The largest absolute Gasteiger partial charge is 0.392 e. The molecule has 21 heavy (non-hydrogen) atoms. The summed E-state index contributed by atoms with van der Waals surface area (Å²) in [5.74, 6) is 0.521. The number of aromatic nitrogens is 1. The van der Waals surface area contributed by atoms with Crippen LogP contribution in [-0.2, 0) is 0 Å². The Morgan fingerprint density at radius 2 is 2.19 bits per heavy atom. The molecule has 1 aliphatic rings. The zero-order valence-corrected chi connectivity index (χ0v) is 11.7. The lowest BCUT2D eigenvalue weighted by Crippen LogP contribution is -2.41. The lowest BCUT2D eigenvalue weighted by atomic mass is 10.1. The molecule has 3 rings (SSSR count). The first-order valence-corrected chi connectivity index (χ1v) is 7.18. The molecule has 0 aliphatic carbocycles. The van der Waals surface area contributed by atoms with Crippen LogP contribution >= 0.6 is 0 Å². The fourth-order valence-corrected chi connectivity index (χ4v) is 2.60. The Bertz CT molecular complexity index is 609. The predicted octanol–water partition coefficient (Wildman–Crippen LogP) is 1.98. The molecule has 5 nitrogen and oxygen atoms in total. The molecule has 5 heteroatoms. The summed E-state index contributed by atoms with van der Waals surface area (Å²) in [5.41, 5.74) is 1.24. The number of carbonyl (C=O) groups excluding carboxylic acids is 1. The maximum atomic E-state index is 12.2. The topological polar surface area (TPSA) is 66.6 Å². The Morgan fingerprint density at radius 3 is 2.95 bits per heavy atom. The summed E-state index contributed by atoms with van der Waals surface area (Å²) in [4.78, 5) is 14.2. The van der Waals surface area contributed by atoms with E-state index in [0.717, 1.165) is 24.9 Å². The number of carbonyl (C=O) groups is 1. The highest BCUT2D eigenvalue weighted by Crippen LogP contribution is 2.20. The van der Waals surface area contributed by atoms with Gasteiger partial charge in [0.25, 0.3) is 0 Å². The van der Waals surface area contributed by atoms with E-state index in [0.29, 0.717) is 18.0 Å². The minimum Gasteiger partial charge on any atom is -0.392 e. The molecule has 0 radical (unpaired) electrons. The maximum absolute atomic E-state index is 12.2. The Morgan fingerprint density at radius 1 is 1.38 bits per heavy atom. The number of rotatable bonds is 4. The highest BCUT2D eigenvalue weighted by molar-refractivity contribution is 5.96. The molecule has 1 fully saturated rings. The van der Waals surface area contributed by atoms with E-state index >= 15 is 0 Å². The molecule has 1 N–H and O–H groups in total. The number of ketones is 1. The zero-order valence-electron chi connectivity index (χ0n) is 11.7. The van der Waals surface area contributed by atoms with Crippen molar-refractivity contribution in [2.75, 3.05) is 19.6 Å². The Labute approximate surface area is 123 Å². The van der Waals surface area contributed by atoms with Crippen LogP contribution in [0.3, 0.4) is 0 Å². The number of Topliss-reactive ketones (excluding diaryl/α,β-unsaturated/α-hetero) is 1. The van der Waals surface area contributed by atoms with Crippen molar-refractivity contribution in [2.45, 2.75) is 18.9 Å². The molecule has 1 aromatic carbocycles. The number of hydrogen-bond donors (Lipinski definition) is 1. The number of nitrogens with zero attached hydrogens (tertiary/aromatic N) is 2. The minimum absolute atomic E-state index is 0.0740. The minimum atomic E-state index is -0.330. The van der Waals surface area contributed by atoms with Gasteiger partial charge < -0.3 is 9.63 Å². The molecule has 1 atom stereocenters. The SMILES string of the molecule is O=C(CN1CCCC(O)C1)c1cc(-c2ccccc2)on1. The van der Waals surface area contributed by atoms with Crippen LogP contribution in [0.25, 0.3) is 11.3 Å². The Balaban J connectivity index is 1.67. The van der Waals surface area contributed by atoms with Gasteiger partial charge in [0.15, 0.2) is 17.2 Å². The number of benzene rings is 1. The van der Waals surface area contributed by atoms with E-state index < -0.39 is 0 Å². The van der Waals surface area contributed by atoms with Gasteiger partial charge in [-0.1, -0.05) is 35.5 Å². The summed E-state index contributed by atoms with van der Waals surface area (Å²) in [6.07, 6.45) is 1.40. The fourth-order valence-electron chi connectivity index (χ4n) is 2.60. The second-order valence-electron chi connectivity index (χ2n) is 5.40. The van der Waals surface area contributed by atoms with Gasteiger partial charge in [-0.15, -0.1) is 0 Å². The molecule has 2 aromatic rings. The molecule has 110 valence electrons. The van der Waals surface area contributed by atoms with Gasteiger partial charge in [0.05, 0.1) is 12.6 Å². The number of aliphatic hydroxyl groups excluding tert-OH is 1. The predicted molar refractivity (Wildman–Crippen MR) is 78.0 cm³/mol. The van der Waals surface area contributed by atoms with Crippen molar-refractivity contribution in [3.8, 4) is 11.3 Å². The van der Waals surface area contributed by atoms with Gasteiger partial charge in [0, 0.05) is 18.2 Å². The molecule has 0 bridgehead atoms. The molecule has 0 spiro atoms. The van der Waals surface area contributed by atoms with E-state index in [-0.39, 0.29) is 18.4 Å². The van der Waals surface area contributed by atoms with Gasteiger partial charge in [0.1, 0.15) is 0 Å². The van der Waals surface area contributed by atoms with Crippen LogP contribution in [0.2, 0.25) is 0 Å². The van der Waals surface area contributed by atoms with Gasteiger partial charge in [-0.25, -0.2) is 0 Å². The summed E-state index contributed by atoms with van der Waals surface area (Å²) in [5, 5.41) is 13.5.